The number of anilines is 1. The van der Waals surface area contributed by atoms with Crippen LogP contribution in [0.4, 0.5) is 19.1 Å². The second-order valence-electron chi connectivity index (χ2n) is 11.1. The van der Waals surface area contributed by atoms with Crippen LogP contribution in [0.25, 0.3) is 11.0 Å². The Bertz CT molecular complexity index is 1520. The van der Waals surface area contributed by atoms with Crippen LogP contribution in [0, 0.1) is 0 Å². The van der Waals surface area contributed by atoms with E-state index in [2.05, 4.69) is 15.3 Å². The Morgan fingerprint density at radius 3 is 2.55 bits per heavy atom. The number of pyridine rings is 1. The second kappa shape index (κ2) is 13.4. The normalized spacial score (nSPS) is 18.2. The van der Waals surface area contributed by atoms with Gasteiger partial charge in [-0.2, -0.15) is 13.2 Å². The van der Waals surface area contributed by atoms with Crippen molar-refractivity contribution >= 4 is 46.3 Å². The van der Waals surface area contributed by atoms with Gasteiger partial charge in [-0.1, -0.05) is 6.07 Å². The highest BCUT2D eigenvalue weighted by atomic mass is 35.5. The molecule has 14 heteroatoms. The van der Waals surface area contributed by atoms with E-state index in [1.807, 2.05) is 10.6 Å². The van der Waals surface area contributed by atoms with E-state index in [0.717, 1.165) is 19.0 Å². The SMILES string of the molecule is CC(=O)N1CCC(Oc2cccc3nc(NC(=O)c4ccnc(C(F)(F)F)c4)n(C4CCCCN(C(=O)CCCl)C4)c23)CC1. The minimum Gasteiger partial charge on any atom is -0.488 e. The number of hydrogen-bond donors (Lipinski definition) is 1. The van der Waals surface area contributed by atoms with Crippen molar-refractivity contribution < 1.29 is 32.3 Å². The Morgan fingerprint density at radius 1 is 1.07 bits per heavy atom. The highest BCUT2D eigenvalue weighted by molar-refractivity contribution is 6.18. The van der Waals surface area contributed by atoms with Crippen LogP contribution in [-0.4, -0.2) is 80.2 Å². The van der Waals surface area contributed by atoms with Crippen LogP contribution in [0.1, 0.15) is 67.5 Å². The zero-order valence-electron chi connectivity index (χ0n) is 24.3. The van der Waals surface area contributed by atoms with E-state index in [1.165, 1.54) is 6.07 Å². The van der Waals surface area contributed by atoms with Crippen LogP contribution in [0.3, 0.4) is 0 Å². The number of carbonyl (C=O) groups excluding carboxylic acids is 3. The molecule has 0 bridgehead atoms. The average Bonchev–Trinajstić information content (AvgIpc) is 3.18. The molecule has 3 aromatic rings. The number of likely N-dealkylation sites (tertiary alicyclic amines) is 2. The molecule has 4 heterocycles. The number of halogens is 4. The van der Waals surface area contributed by atoms with Crippen molar-refractivity contribution in [3.05, 3.63) is 47.8 Å². The molecule has 5 rings (SSSR count). The summed E-state index contributed by atoms with van der Waals surface area (Å²) in [5.74, 6) is 0.0191. The van der Waals surface area contributed by atoms with Gasteiger partial charge >= 0.3 is 6.18 Å². The van der Waals surface area contributed by atoms with Crippen molar-refractivity contribution in [1.82, 2.24) is 24.3 Å². The second-order valence-corrected chi connectivity index (χ2v) is 11.4. The van der Waals surface area contributed by atoms with E-state index < -0.39 is 17.8 Å². The first kappa shape index (κ1) is 31.6. The van der Waals surface area contributed by atoms with Crippen LogP contribution in [0.15, 0.2) is 36.5 Å². The van der Waals surface area contributed by atoms with Crippen molar-refractivity contribution in [2.24, 2.45) is 0 Å². The Morgan fingerprint density at radius 2 is 1.84 bits per heavy atom. The molecule has 0 aliphatic carbocycles. The fourth-order valence-electron chi connectivity index (χ4n) is 5.82. The average molecular weight is 635 g/mol. The molecule has 2 aromatic heterocycles. The lowest BCUT2D eigenvalue weighted by atomic mass is 10.1. The Labute approximate surface area is 257 Å². The van der Waals surface area contributed by atoms with Crippen LogP contribution in [0.2, 0.25) is 0 Å². The van der Waals surface area contributed by atoms with Crippen molar-refractivity contribution in [1.29, 1.82) is 0 Å². The van der Waals surface area contributed by atoms with Gasteiger partial charge in [0.15, 0.2) is 0 Å². The van der Waals surface area contributed by atoms with Gasteiger partial charge in [0.1, 0.15) is 23.1 Å². The first-order chi connectivity index (χ1) is 21.0. The van der Waals surface area contributed by atoms with E-state index >= 15 is 0 Å². The molecule has 236 valence electrons. The quantitative estimate of drug-likeness (QED) is 0.355. The standard InChI is InChI=1S/C30H34ClF3N6O4/c1-19(41)38-15-10-22(11-16-38)44-24-7-4-6-23-27(24)40(21-5-2-3-14-39(18-21)26(42)8-12-31)29(36-23)37-28(43)20-9-13-35-25(17-20)30(32,33)34/h4,6-7,9,13,17,21-22H,2-3,5,8,10-12,14-16,18H2,1H3,(H,36,37,43). The summed E-state index contributed by atoms with van der Waals surface area (Å²) in [6, 6.07) is 6.96. The van der Waals surface area contributed by atoms with Crippen molar-refractivity contribution in [2.45, 2.75) is 63.8 Å². The lowest BCUT2D eigenvalue weighted by Crippen LogP contribution is -2.40. The predicted molar refractivity (Wildman–Crippen MR) is 158 cm³/mol. The molecular weight excluding hydrogens is 601 g/mol. The summed E-state index contributed by atoms with van der Waals surface area (Å²) in [7, 11) is 0. The van der Waals surface area contributed by atoms with Crippen LogP contribution in [-0.2, 0) is 15.8 Å². The zero-order chi connectivity index (χ0) is 31.4. The molecule has 44 heavy (non-hydrogen) atoms. The number of imidazole rings is 1. The van der Waals surface area contributed by atoms with Gasteiger partial charge in [0.05, 0.1) is 11.6 Å². The van der Waals surface area contributed by atoms with Crippen LogP contribution >= 0.6 is 11.6 Å². The molecule has 0 radical (unpaired) electrons. The number of amides is 3. The fourth-order valence-corrected chi connectivity index (χ4v) is 5.98. The minimum atomic E-state index is -4.71. The zero-order valence-corrected chi connectivity index (χ0v) is 25.0. The molecule has 2 aliphatic heterocycles. The summed E-state index contributed by atoms with van der Waals surface area (Å²) in [5, 5.41) is 2.72. The maximum atomic E-state index is 13.3. The van der Waals surface area contributed by atoms with Gasteiger partial charge in [0.25, 0.3) is 5.91 Å². The van der Waals surface area contributed by atoms with Gasteiger partial charge < -0.3 is 19.1 Å². The third-order valence-electron chi connectivity index (χ3n) is 8.06. The third kappa shape index (κ3) is 7.09. The topological polar surface area (TPSA) is 110 Å². The molecule has 0 spiro atoms. The number of aromatic nitrogens is 3. The Balaban J connectivity index is 1.53. The number of nitrogens with zero attached hydrogens (tertiary/aromatic N) is 5. The Hall–Kier alpha value is -3.87. The van der Waals surface area contributed by atoms with E-state index in [1.54, 1.807) is 28.9 Å². The number of hydrogen-bond acceptors (Lipinski definition) is 6. The maximum absolute atomic E-state index is 13.3. The molecular formula is C30H34ClF3N6O4. The van der Waals surface area contributed by atoms with E-state index in [4.69, 9.17) is 16.3 Å². The molecule has 1 N–H and O–H groups in total. The number of piperidine rings is 1. The Kier molecular flexibility index (Phi) is 9.62. The first-order valence-electron chi connectivity index (χ1n) is 14.7. The summed E-state index contributed by atoms with van der Waals surface area (Å²) in [5.41, 5.74) is -0.270. The van der Waals surface area contributed by atoms with Gasteiger partial charge in [-0.25, -0.2) is 4.98 Å². The molecule has 1 unspecified atom stereocenters. The molecule has 1 aromatic carbocycles. The molecule has 0 saturated carbocycles. The minimum absolute atomic E-state index is 0.0159. The van der Waals surface area contributed by atoms with Gasteiger partial charge in [-0.15, -0.1) is 11.6 Å². The molecule has 10 nitrogen and oxygen atoms in total. The smallest absolute Gasteiger partial charge is 0.433 e. The predicted octanol–water partition coefficient (Wildman–Crippen LogP) is 5.27. The molecule has 2 aliphatic rings. The van der Waals surface area contributed by atoms with Crippen molar-refractivity contribution in [2.75, 3.05) is 37.4 Å². The number of nitrogens with one attached hydrogen (secondary N) is 1. The summed E-state index contributed by atoms with van der Waals surface area (Å²) in [4.78, 5) is 49.6. The number of carbonyl (C=O) groups is 3. The lowest BCUT2D eigenvalue weighted by molar-refractivity contribution is -0.141. The monoisotopic (exact) mass is 634 g/mol. The first-order valence-corrected chi connectivity index (χ1v) is 15.2. The number of alkyl halides is 4. The molecule has 2 fully saturated rings. The summed E-state index contributed by atoms with van der Waals surface area (Å²) >= 11 is 5.87. The molecule has 1 atom stereocenters. The molecule has 3 amide bonds. The van der Waals surface area contributed by atoms with E-state index in [9.17, 15) is 27.6 Å². The summed E-state index contributed by atoms with van der Waals surface area (Å²) in [6.07, 6.45) is -0.209. The van der Waals surface area contributed by atoms with Crippen LogP contribution in [0.5, 0.6) is 5.75 Å². The van der Waals surface area contributed by atoms with Crippen LogP contribution < -0.4 is 10.1 Å². The number of benzene rings is 1. The highest BCUT2D eigenvalue weighted by Gasteiger charge is 2.34. The van der Waals surface area contributed by atoms with Gasteiger partial charge in [-0.3, -0.25) is 24.7 Å². The number of rotatable bonds is 7. The summed E-state index contributed by atoms with van der Waals surface area (Å²) in [6.45, 7) is 3.59. The van der Waals surface area contributed by atoms with Gasteiger partial charge in [-0.05, 0) is 43.5 Å². The number of fused-ring (bicyclic) bond motifs is 1. The fraction of sp³-hybridized carbons (Fsp3) is 0.500. The number of ether oxygens (including phenoxy) is 1. The van der Waals surface area contributed by atoms with Crippen molar-refractivity contribution in [3.63, 3.8) is 0 Å². The van der Waals surface area contributed by atoms with Gasteiger partial charge in [0.2, 0.25) is 17.8 Å². The number of para-hydroxylation sites is 1. The largest absolute Gasteiger partial charge is 0.488 e. The highest BCUT2D eigenvalue weighted by Crippen LogP contribution is 2.36. The van der Waals surface area contributed by atoms with E-state index in [-0.39, 0.29) is 47.8 Å². The molecule has 2 saturated heterocycles. The maximum Gasteiger partial charge on any atom is 0.433 e. The van der Waals surface area contributed by atoms with Crippen molar-refractivity contribution in [3.8, 4) is 5.75 Å². The summed E-state index contributed by atoms with van der Waals surface area (Å²) < 4.78 is 48.3. The lowest BCUT2D eigenvalue weighted by Gasteiger charge is -2.32. The third-order valence-corrected chi connectivity index (χ3v) is 8.25. The van der Waals surface area contributed by atoms with Gasteiger partial charge in [0, 0.05) is 70.0 Å². The van der Waals surface area contributed by atoms with E-state index in [0.29, 0.717) is 68.3 Å².